The van der Waals surface area contributed by atoms with Crippen LogP contribution in [0.2, 0.25) is 0 Å². The molecule has 0 aromatic heterocycles. The number of aliphatic hydroxyl groups excluding tert-OH is 2. The van der Waals surface area contributed by atoms with Crippen LogP contribution in [0.15, 0.2) is 30.3 Å². The molecule has 0 aliphatic carbocycles. The molecule has 1 aromatic carbocycles. The van der Waals surface area contributed by atoms with Crippen molar-refractivity contribution in [2.24, 2.45) is 5.73 Å². The van der Waals surface area contributed by atoms with Crippen molar-refractivity contribution in [3.05, 3.63) is 35.9 Å². The van der Waals surface area contributed by atoms with Gasteiger partial charge in [0.15, 0.2) is 0 Å². The molecule has 0 saturated heterocycles. The molecule has 3 amide bonds. The van der Waals surface area contributed by atoms with Crippen LogP contribution < -0.4 is 21.7 Å². The van der Waals surface area contributed by atoms with Gasteiger partial charge in [0.25, 0.3) is 0 Å². The first-order valence-corrected chi connectivity index (χ1v) is 10.5. The van der Waals surface area contributed by atoms with Crippen LogP contribution in [-0.4, -0.2) is 81.1 Å². The number of rotatable bonds is 12. The standard InChI is InChI=1S/C20H30N4O7S/c1-10(25)15(21)18(28)22-13(8-12-6-4-3-5-7-12)17(27)24-16(11(2)26)19(29)23-14(9-32)20(30)31/h3-7,10-11,13-16,25-26,32H,8-9,21H2,1-2H3,(H,22,28)(H,23,29)(H,24,27)(H,30,31). The first-order chi connectivity index (χ1) is 15.0. The first kappa shape index (κ1) is 27.4. The predicted molar refractivity (Wildman–Crippen MR) is 119 cm³/mol. The lowest BCUT2D eigenvalue weighted by atomic mass is 10.0. The topological polar surface area (TPSA) is 191 Å². The SMILES string of the molecule is CC(O)C(N)C(=O)NC(Cc1ccccc1)C(=O)NC(C(=O)NC(CS)C(=O)O)C(C)O. The molecule has 0 heterocycles. The van der Waals surface area contributed by atoms with E-state index in [9.17, 15) is 29.4 Å². The molecule has 6 unspecified atom stereocenters. The van der Waals surface area contributed by atoms with E-state index >= 15 is 0 Å². The molecule has 0 fully saturated rings. The molecule has 6 atom stereocenters. The fourth-order valence-corrected chi connectivity index (χ4v) is 2.90. The highest BCUT2D eigenvalue weighted by molar-refractivity contribution is 7.80. The molecule has 8 N–H and O–H groups in total. The molecule has 11 nitrogen and oxygen atoms in total. The molecular weight excluding hydrogens is 440 g/mol. The van der Waals surface area contributed by atoms with Gasteiger partial charge < -0.3 is 37.0 Å². The highest BCUT2D eigenvalue weighted by Gasteiger charge is 2.33. The van der Waals surface area contributed by atoms with Gasteiger partial charge in [-0.2, -0.15) is 12.6 Å². The lowest BCUT2D eigenvalue weighted by Crippen LogP contribution is -2.61. The van der Waals surface area contributed by atoms with E-state index in [0.717, 1.165) is 0 Å². The maximum absolute atomic E-state index is 12.9. The molecule has 32 heavy (non-hydrogen) atoms. The van der Waals surface area contributed by atoms with E-state index in [0.29, 0.717) is 5.56 Å². The van der Waals surface area contributed by atoms with Crippen LogP contribution >= 0.6 is 12.6 Å². The quantitative estimate of drug-likeness (QED) is 0.158. The lowest BCUT2D eigenvalue weighted by Gasteiger charge is -2.26. The summed E-state index contributed by atoms with van der Waals surface area (Å²) in [4.78, 5) is 48.9. The number of carbonyl (C=O) groups excluding carboxylic acids is 3. The van der Waals surface area contributed by atoms with Gasteiger partial charge in [-0.1, -0.05) is 30.3 Å². The zero-order valence-electron chi connectivity index (χ0n) is 17.8. The monoisotopic (exact) mass is 470 g/mol. The van der Waals surface area contributed by atoms with Gasteiger partial charge in [-0.25, -0.2) is 4.79 Å². The number of hydrogen-bond donors (Lipinski definition) is 8. The number of thiol groups is 1. The Bertz CT molecular complexity index is 791. The van der Waals surface area contributed by atoms with Crippen molar-refractivity contribution in [1.29, 1.82) is 0 Å². The fraction of sp³-hybridized carbons (Fsp3) is 0.500. The fourth-order valence-electron chi connectivity index (χ4n) is 2.65. The second kappa shape index (κ2) is 13.0. The molecule has 0 radical (unpaired) electrons. The van der Waals surface area contributed by atoms with E-state index in [4.69, 9.17) is 10.8 Å². The van der Waals surface area contributed by atoms with Crippen molar-refractivity contribution in [2.45, 2.75) is 56.6 Å². The van der Waals surface area contributed by atoms with Crippen molar-refractivity contribution >= 4 is 36.3 Å². The van der Waals surface area contributed by atoms with Crippen LogP contribution in [-0.2, 0) is 25.6 Å². The normalized spacial score (nSPS) is 16.6. The maximum Gasteiger partial charge on any atom is 0.327 e. The minimum absolute atomic E-state index is 0.0352. The Kier molecular flexibility index (Phi) is 11.1. The number of aliphatic hydroxyl groups is 2. The number of amides is 3. The van der Waals surface area contributed by atoms with E-state index in [1.807, 2.05) is 0 Å². The molecule has 0 aliphatic rings. The Labute approximate surface area is 191 Å². The molecule has 0 bridgehead atoms. The average Bonchev–Trinajstić information content (AvgIpc) is 2.74. The lowest BCUT2D eigenvalue weighted by molar-refractivity contribution is -0.142. The third-order valence-electron chi connectivity index (χ3n) is 4.60. The van der Waals surface area contributed by atoms with Crippen molar-refractivity contribution in [3.8, 4) is 0 Å². The number of nitrogens with two attached hydrogens (primary N) is 1. The molecule has 0 spiro atoms. The molecule has 0 saturated carbocycles. The number of nitrogens with one attached hydrogen (secondary N) is 3. The Hall–Kier alpha value is -2.67. The van der Waals surface area contributed by atoms with Crippen molar-refractivity contribution in [2.75, 3.05) is 5.75 Å². The van der Waals surface area contributed by atoms with E-state index in [2.05, 4.69) is 28.6 Å². The van der Waals surface area contributed by atoms with E-state index in [1.54, 1.807) is 30.3 Å². The molecular formula is C20H30N4O7S. The summed E-state index contributed by atoms with van der Waals surface area (Å²) in [7, 11) is 0. The number of carbonyl (C=O) groups is 4. The van der Waals surface area contributed by atoms with Crippen LogP contribution in [0.1, 0.15) is 19.4 Å². The van der Waals surface area contributed by atoms with Crippen LogP contribution in [0.25, 0.3) is 0 Å². The summed E-state index contributed by atoms with van der Waals surface area (Å²) >= 11 is 3.86. The summed E-state index contributed by atoms with van der Waals surface area (Å²) in [5.74, 6) is -4.05. The summed E-state index contributed by atoms with van der Waals surface area (Å²) in [6.07, 6.45) is -2.50. The van der Waals surface area contributed by atoms with Crippen molar-refractivity contribution < 1.29 is 34.5 Å². The number of hydrogen-bond acceptors (Lipinski definition) is 8. The van der Waals surface area contributed by atoms with Gasteiger partial charge in [-0.3, -0.25) is 14.4 Å². The highest BCUT2D eigenvalue weighted by atomic mass is 32.1. The summed E-state index contributed by atoms with van der Waals surface area (Å²) in [5, 5.41) is 35.6. The van der Waals surface area contributed by atoms with E-state index in [1.165, 1.54) is 13.8 Å². The summed E-state index contributed by atoms with van der Waals surface area (Å²) in [5.41, 5.74) is 6.33. The van der Waals surface area contributed by atoms with Gasteiger partial charge in [-0.05, 0) is 19.4 Å². The minimum atomic E-state index is -1.50. The second-order valence-electron chi connectivity index (χ2n) is 7.33. The van der Waals surface area contributed by atoms with Gasteiger partial charge in [0.2, 0.25) is 17.7 Å². The minimum Gasteiger partial charge on any atom is -0.480 e. The van der Waals surface area contributed by atoms with Crippen LogP contribution in [0.5, 0.6) is 0 Å². The highest BCUT2D eigenvalue weighted by Crippen LogP contribution is 2.06. The third kappa shape index (κ3) is 8.46. The summed E-state index contributed by atoms with van der Waals surface area (Å²) < 4.78 is 0. The average molecular weight is 471 g/mol. The van der Waals surface area contributed by atoms with Gasteiger partial charge in [0.1, 0.15) is 24.2 Å². The van der Waals surface area contributed by atoms with E-state index in [-0.39, 0.29) is 12.2 Å². The Morgan fingerprint density at radius 2 is 1.47 bits per heavy atom. The predicted octanol–water partition coefficient (Wildman–Crippen LogP) is -2.21. The van der Waals surface area contributed by atoms with Crippen LogP contribution in [0.4, 0.5) is 0 Å². The van der Waals surface area contributed by atoms with Gasteiger partial charge in [0, 0.05) is 12.2 Å². The Morgan fingerprint density at radius 3 is 1.94 bits per heavy atom. The number of carboxylic acids is 1. The number of carboxylic acid groups (broad SMARTS) is 1. The van der Waals surface area contributed by atoms with Crippen molar-refractivity contribution in [1.82, 2.24) is 16.0 Å². The van der Waals surface area contributed by atoms with Gasteiger partial charge in [0.05, 0.1) is 12.2 Å². The zero-order chi connectivity index (χ0) is 24.4. The van der Waals surface area contributed by atoms with Crippen molar-refractivity contribution in [3.63, 3.8) is 0 Å². The second-order valence-corrected chi connectivity index (χ2v) is 7.69. The molecule has 178 valence electrons. The van der Waals surface area contributed by atoms with E-state index < -0.39 is 60.1 Å². The molecule has 1 rings (SSSR count). The Balaban J connectivity index is 3.05. The number of benzene rings is 1. The van der Waals surface area contributed by atoms with Crippen LogP contribution in [0.3, 0.4) is 0 Å². The summed E-state index contributed by atoms with van der Waals surface area (Å²) in [6, 6.07) is 3.40. The van der Waals surface area contributed by atoms with Gasteiger partial charge >= 0.3 is 5.97 Å². The Morgan fingerprint density at radius 1 is 0.906 bits per heavy atom. The van der Waals surface area contributed by atoms with Gasteiger partial charge in [-0.15, -0.1) is 0 Å². The molecule has 1 aromatic rings. The third-order valence-corrected chi connectivity index (χ3v) is 4.96. The number of aliphatic carboxylic acids is 1. The smallest absolute Gasteiger partial charge is 0.327 e. The largest absolute Gasteiger partial charge is 0.480 e. The van der Waals surface area contributed by atoms with Crippen LogP contribution in [0, 0.1) is 0 Å². The molecule has 12 heteroatoms. The summed E-state index contributed by atoms with van der Waals surface area (Å²) in [6.45, 7) is 2.57. The molecule has 0 aliphatic heterocycles. The zero-order valence-corrected chi connectivity index (χ0v) is 18.7. The first-order valence-electron chi connectivity index (χ1n) is 9.88. The maximum atomic E-state index is 12.9.